The van der Waals surface area contributed by atoms with E-state index in [0.29, 0.717) is 12.0 Å². The Bertz CT molecular complexity index is 329. The van der Waals surface area contributed by atoms with Gasteiger partial charge >= 0.3 is 0 Å². The van der Waals surface area contributed by atoms with Gasteiger partial charge in [-0.1, -0.05) is 0 Å². The van der Waals surface area contributed by atoms with E-state index in [0.717, 1.165) is 25.3 Å². The predicted molar refractivity (Wildman–Crippen MR) is 60.0 cm³/mol. The minimum Gasteiger partial charge on any atom is -0.381 e. The van der Waals surface area contributed by atoms with Gasteiger partial charge in [0.25, 0.3) is 0 Å². The third-order valence-corrected chi connectivity index (χ3v) is 3.29. The summed E-state index contributed by atoms with van der Waals surface area (Å²) in [6, 6.07) is 0.454. The summed E-state index contributed by atoms with van der Waals surface area (Å²) in [5.41, 5.74) is 2.32. The summed E-state index contributed by atoms with van der Waals surface area (Å²) >= 11 is 0. The summed E-state index contributed by atoms with van der Waals surface area (Å²) in [6.45, 7) is 6.08. The lowest BCUT2D eigenvalue weighted by molar-refractivity contribution is 0.183. The van der Waals surface area contributed by atoms with Gasteiger partial charge in [-0.05, 0) is 20.3 Å². The highest BCUT2D eigenvalue weighted by Crippen LogP contribution is 2.21. The third-order valence-electron chi connectivity index (χ3n) is 3.29. The van der Waals surface area contributed by atoms with Crippen molar-refractivity contribution in [2.45, 2.75) is 26.3 Å². The summed E-state index contributed by atoms with van der Waals surface area (Å²) in [7, 11) is 1.96. The maximum Gasteiger partial charge on any atom is 0.0758 e. The topological polar surface area (TPSA) is 39.1 Å². The molecule has 1 fully saturated rings. The van der Waals surface area contributed by atoms with Gasteiger partial charge in [-0.15, -0.1) is 0 Å². The zero-order valence-electron chi connectivity index (χ0n) is 9.66. The second kappa shape index (κ2) is 4.23. The molecular formula is C11H19N3O. The first-order valence-electron chi connectivity index (χ1n) is 5.51. The zero-order valence-corrected chi connectivity index (χ0v) is 9.66. The van der Waals surface area contributed by atoms with Crippen molar-refractivity contribution in [3.05, 3.63) is 11.9 Å². The number of rotatable bonds is 3. The molecule has 0 saturated carbocycles. The molecular weight excluding hydrogens is 190 g/mol. The van der Waals surface area contributed by atoms with Crippen LogP contribution in [0.5, 0.6) is 0 Å². The Morgan fingerprint density at radius 3 is 3.00 bits per heavy atom. The Labute approximate surface area is 90.6 Å². The standard InChI is InChI=1S/C11H19N3O/c1-8(10-4-5-15-7-10)13-11-6-12-14(3)9(11)2/h6,8,10,13H,4-5,7H2,1-3H3. The molecule has 1 aliphatic rings. The summed E-state index contributed by atoms with van der Waals surface area (Å²) in [4.78, 5) is 0. The molecule has 2 rings (SSSR count). The van der Waals surface area contributed by atoms with Crippen molar-refractivity contribution in [3.8, 4) is 0 Å². The first-order chi connectivity index (χ1) is 7.18. The first-order valence-corrected chi connectivity index (χ1v) is 5.51. The number of nitrogens with zero attached hydrogens (tertiary/aromatic N) is 2. The quantitative estimate of drug-likeness (QED) is 0.821. The highest BCUT2D eigenvalue weighted by Gasteiger charge is 2.22. The van der Waals surface area contributed by atoms with E-state index in [1.807, 2.05) is 17.9 Å². The monoisotopic (exact) mass is 209 g/mol. The van der Waals surface area contributed by atoms with Gasteiger partial charge < -0.3 is 10.1 Å². The fourth-order valence-electron chi connectivity index (χ4n) is 1.95. The molecule has 0 amide bonds. The van der Waals surface area contributed by atoms with Gasteiger partial charge in [0.05, 0.1) is 24.2 Å². The summed E-state index contributed by atoms with van der Waals surface area (Å²) < 4.78 is 7.28. The van der Waals surface area contributed by atoms with Crippen molar-refractivity contribution < 1.29 is 4.74 Å². The molecule has 15 heavy (non-hydrogen) atoms. The Kier molecular flexibility index (Phi) is 2.95. The molecule has 0 spiro atoms. The summed E-state index contributed by atoms with van der Waals surface area (Å²) in [6.07, 6.45) is 3.05. The van der Waals surface area contributed by atoms with Crippen molar-refractivity contribution in [3.63, 3.8) is 0 Å². The van der Waals surface area contributed by atoms with E-state index >= 15 is 0 Å². The highest BCUT2D eigenvalue weighted by atomic mass is 16.5. The van der Waals surface area contributed by atoms with E-state index < -0.39 is 0 Å². The molecule has 4 heteroatoms. The average molecular weight is 209 g/mol. The fraction of sp³-hybridized carbons (Fsp3) is 0.727. The smallest absolute Gasteiger partial charge is 0.0758 e. The van der Waals surface area contributed by atoms with Crippen LogP contribution in [0.3, 0.4) is 0 Å². The van der Waals surface area contributed by atoms with Gasteiger partial charge in [-0.3, -0.25) is 4.68 Å². The molecule has 2 atom stereocenters. The molecule has 4 nitrogen and oxygen atoms in total. The predicted octanol–water partition coefficient (Wildman–Crippen LogP) is 1.57. The lowest BCUT2D eigenvalue weighted by atomic mass is 10.0. The Morgan fingerprint density at radius 1 is 1.67 bits per heavy atom. The van der Waals surface area contributed by atoms with Crippen LogP contribution in [0.4, 0.5) is 5.69 Å². The van der Waals surface area contributed by atoms with Gasteiger partial charge in [-0.2, -0.15) is 5.10 Å². The van der Waals surface area contributed by atoms with E-state index in [9.17, 15) is 0 Å². The zero-order chi connectivity index (χ0) is 10.8. The van der Waals surface area contributed by atoms with Crippen LogP contribution >= 0.6 is 0 Å². The van der Waals surface area contributed by atoms with Crippen LogP contribution in [-0.2, 0) is 11.8 Å². The molecule has 1 aromatic heterocycles. The first kappa shape index (κ1) is 10.5. The van der Waals surface area contributed by atoms with Crippen molar-refractivity contribution in [2.24, 2.45) is 13.0 Å². The maximum absolute atomic E-state index is 5.39. The Morgan fingerprint density at radius 2 is 2.47 bits per heavy atom. The lowest BCUT2D eigenvalue weighted by Gasteiger charge is -2.19. The van der Waals surface area contributed by atoms with E-state index in [2.05, 4.69) is 24.3 Å². The van der Waals surface area contributed by atoms with Gasteiger partial charge in [0.2, 0.25) is 0 Å². The van der Waals surface area contributed by atoms with Crippen LogP contribution in [-0.4, -0.2) is 29.0 Å². The van der Waals surface area contributed by atoms with Gasteiger partial charge in [0.1, 0.15) is 0 Å². The summed E-state index contributed by atoms with van der Waals surface area (Å²) in [5.74, 6) is 0.629. The van der Waals surface area contributed by atoms with Crippen LogP contribution in [0.2, 0.25) is 0 Å². The normalized spacial score (nSPS) is 23.0. The highest BCUT2D eigenvalue weighted by molar-refractivity contribution is 5.46. The second-order valence-electron chi connectivity index (χ2n) is 4.32. The minimum absolute atomic E-state index is 0.454. The third kappa shape index (κ3) is 2.15. The number of aromatic nitrogens is 2. The number of ether oxygens (including phenoxy) is 1. The number of nitrogens with one attached hydrogen (secondary N) is 1. The molecule has 1 aliphatic heterocycles. The van der Waals surface area contributed by atoms with Crippen LogP contribution in [0.15, 0.2) is 6.20 Å². The number of hydrogen-bond donors (Lipinski definition) is 1. The molecule has 0 bridgehead atoms. The van der Waals surface area contributed by atoms with Crippen LogP contribution < -0.4 is 5.32 Å². The molecule has 0 radical (unpaired) electrons. The average Bonchev–Trinajstić information content (AvgIpc) is 2.83. The van der Waals surface area contributed by atoms with Gasteiger partial charge in [0, 0.05) is 25.6 Å². The molecule has 0 aromatic carbocycles. The van der Waals surface area contributed by atoms with Crippen LogP contribution in [0.1, 0.15) is 19.0 Å². The number of hydrogen-bond acceptors (Lipinski definition) is 3. The maximum atomic E-state index is 5.39. The van der Waals surface area contributed by atoms with Crippen molar-refractivity contribution in [2.75, 3.05) is 18.5 Å². The van der Waals surface area contributed by atoms with Crippen LogP contribution in [0, 0.1) is 12.8 Å². The van der Waals surface area contributed by atoms with Gasteiger partial charge in [0.15, 0.2) is 0 Å². The Balaban J connectivity index is 1.98. The molecule has 2 heterocycles. The second-order valence-corrected chi connectivity index (χ2v) is 4.32. The summed E-state index contributed by atoms with van der Waals surface area (Å²) in [5, 5.41) is 7.73. The Hall–Kier alpha value is -1.03. The molecule has 1 N–H and O–H groups in total. The molecule has 84 valence electrons. The van der Waals surface area contributed by atoms with E-state index in [4.69, 9.17) is 4.74 Å². The molecule has 0 aliphatic carbocycles. The number of aryl methyl sites for hydroxylation is 1. The lowest BCUT2D eigenvalue weighted by Crippen LogP contribution is -2.26. The van der Waals surface area contributed by atoms with E-state index in [1.54, 1.807) is 0 Å². The van der Waals surface area contributed by atoms with Crippen molar-refractivity contribution in [1.29, 1.82) is 0 Å². The largest absolute Gasteiger partial charge is 0.381 e. The van der Waals surface area contributed by atoms with E-state index in [-0.39, 0.29) is 0 Å². The van der Waals surface area contributed by atoms with Crippen LogP contribution in [0.25, 0.3) is 0 Å². The number of anilines is 1. The van der Waals surface area contributed by atoms with Crippen molar-refractivity contribution in [1.82, 2.24) is 9.78 Å². The van der Waals surface area contributed by atoms with E-state index in [1.165, 1.54) is 5.69 Å². The van der Waals surface area contributed by atoms with Crippen molar-refractivity contribution >= 4 is 5.69 Å². The SMILES string of the molecule is Cc1c(NC(C)C2CCOC2)cnn1C. The molecule has 1 saturated heterocycles. The van der Waals surface area contributed by atoms with Gasteiger partial charge in [-0.25, -0.2) is 0 Å². The molecule has 1 aromatic rings. The fourth-order valence-corrected chi connectivity index (χ4v) is 1.95. The minimum atomic E-state index is 0.454. The molecule has 2 unspecified atom stereocenters.